The third-order valence-corrected chi connectivity index (χ3v) is 10.7. The highest BCUT2D eigenvalue weighted by atomic mass is 16.6. The van der Waals surface area contributed by atoms with Crippen LogP contribution >= 0.6 is 0 Å². The first-order valence-corrected chi connectivity index (χ1v) is 18.8. The summed E-state index contributed by atoms with van der Waals surface area (Å²) in [5.74, 6) is 0.264. The Labute approximate surface area is 307 Å². The molecule has 1 saturated carbocycles. The lowest BCUT2D eigenvalue weighted by Crippen LogP contribution is -2.50. The molecule has 1 aromatic carbocycles. The molecule has 6 heterocycles. The van der Waals surface area contributed by atoms with Gasteiger partial charge in [-0.1, -0.05) is 6.42 Å². The van der Waals surface area contributed by atoms with Gasteiger partial charge in [0.05, 0.1) is 17.9 Å². The van der Waals surface area contributed by atoms with Crippen LogP contribution in [0.25, 0.3) is 33.4 Å². The smallest absolute Gasteiger partial charge is 0.420 e. The van der Waals surface area contributed by atoms with Crippen molar-refractivity contribution in [3.8, 4) is 22.4 Å². The molecule has 3 saturated heterocycles. The van der Waals surface area contributed by atoms with Crippen LogP contribution in [0.4, 0.5) is 15.3 Å². The maximum absolute atomic E-state index is 13.5. The number of aryl methyl sites for hydroxylation is 2. The second-order valence-corrected chi connectivity index (χ2v) is 17.1. The van der Waals surface area contributed by atoms with Crippen molar-refractivity contribution in [2.24, 2.45) is 5.92 Å². The summed E-state index contributed by atoms with van der Waals surface area (Å²) in [6.07, 6.45) is 8.89. The van der Waals surface area contributed by atoms with Crippen molar-refractivity contribution in [1.82, 2.24) is 34.3 Å². The van der Waals surface area contributed by atoms with Crippen molar-refractivity contribution in [3.63, 3.8) is 0 Å². The summed E-state index contributed by atoms with van der Waals surface area (Å²) in [4.78, 5) is 33.5. The largest absolute Gasteiger partial charge is 0.444 e. The number of carbonyl (C=O) groups is 2. The Kier molecular flexibility index (Phi) is 9.34. The van der Waals surface area contributed by atoms with Gasteiger partial charge in [-0.25, -0.2) is 14.2 Å². The Hall–Kier alpha value is -4.45. The average Bonchev–Trinajstić information content (AvgIpc) is 3.56. The van der Waals surface area contributed by atoms with Crippen LogP contribution in [0.3, 0.4) is 0 Å². The maximum atomic E-state index is 13.5. The van der Waals surface area contributed by atoms with Crippen LogP contribution in [0, 0.1) is 19.8 Å². The lowest BCUT2D eigenvalue weighted by molar-refractivity contribution is -0.00184. The molecule has 4 aliphatic rings. The van der Waals surface area contributed by atoms with E-state index in [2.05, 4.69) is 63.9 Å². The van der Waals surface area contributed by atoms with Crippen LogP contribution in [0.5, 0.6) is 0 Å². The Morgan fingerprint density at radius 1 is 0.827 bits per heavy atom. The fourth-order valence-electron chi connectivity index (χ4n) is 8.30. The lowest BCUT2D eigenvalue weighted by Gasteiger charge is -2.41. The molecule has 52 heavy (non-hydrogen) atoms. The highest BCUT2D eigenvalue weighted by molar-refractivity contribution is 5.99. The highest BCUT2D eigenvalue weighted by Gasteiger charge is 2.42. The van der Waals surface area contributed by atoms with Gasteiger partial charge in [0.2, 0.25) is 0 Å². The number of rotatable bonds is 4. The van der Waals surface area contributed by atoms with Crippen molar-refractivity contribution in [2.75, 3.05) is 44.7 Å². The number of hydrogen-bond donors (Lipinski definition) is 0. The number of piperidine rings is 1. The maximum Gasteiger partial charge on any atom is 0.420 e. The number of benzene rings is 1. The molecule has 1 amide bonds. The summed E-state index contributed by atoms with van der Waals surface area (Å²) in [6.45, 7) is 20.4. The zero-order valence-electron chi connectivity index (χ0n) is 32.3. The molecule has 0 radical (unpaired) electrons. The van der Waals surface area contributed by atoms with E-state index in [0.29, 0.717) is 12.2 Å². The Bertz CT molecular complexity index is 1950. The van der Waals surface area contributed by atoms with Crippen molar-refractivity contribution in [3.05, 3.63) is 47.9 Å². The quantitative estimate of drug-likeness (QED) is 0.213. The Morgan fingerprint density at radius 3 is 2.17 bits per heavy atom. The lowest BCUT2D eigenvalue weighted by atomic mass is 9.89. The molecule has 0 N–H and O–H groups in total. The first-order chi connectivity index (χ1) is 24.5. The van der Waals surface area contributed by atoms with Crippen LogP contribution in [0.1, 0.15) is 84.4 Å². The molecule has 278 valence electrons. The van der Waals surface area contributed by atoms with Gasteiger partial charge in [0.1, 0.15) is 11.2 Å². The predicted octanol–water partition coefficient (Wildman–Crippen LogP) is 7.46. The summed E-state index contributed by atoms with van der Waals surface area (Å²) in [7, 11) is 2.17. The van der Waals surface area contributed by atoms with Crippen LogP contribution in [0.2, 0.25) is 0 Å². The number of nitrogens with zero attached hydrogens (tertiary/aromatic N) is 8. The van der Waals surface area contributed by atoms with Crippen LogP contribution in [-0.4, -0.2) is 104 Å². The summed E-state index contributed by atoms with van der Waals surface area (Å²) in [5.41, 5.74) is 6.36. The number of hydrogen-bond acceptors (Lipinski definition) is 9. The first kappa shape index (κ1) is 35.9. The molecular weight excluding hydrogens is 656 g/mol. The topological polar surface area (TPSA) is 111 Å². The molecule has 3 aromatic heterocycles. The molecule has 12 nitrogen and oxygen atoms in total. The van der Waals surface area contributed by atoms with Gasteiger partial charge in [0, 0.05) is 78.9 Å². The SMILES string of the molecule is Cc1cc(-c2cc3c(-c4cnn(C5CC6CCCC5CN6C(=O)OC(C)(C)C)c4)cn(C(=O)OC(C)(C)C)c3nn2)cc(C)c1N1CCN(C)CC1. The summed E-state index contributed by atoms with van der Waals surface area (Å²) >= 11 is 0. The van der Waals surface area contributed by atoms with E-state index in [0.717, 1.165) is 79.6 Å². The fourth-order valence-corrected chi connectivity index (χ4v) is 8.30. The number of carbonyl (C=O) groups excluding carboxylic acids is 2. The monoisotopic (exact) mass is 710 g/mol. The minimum atomic E-state index is -0.682. The predicted molar refractivity (Wildman–Crippen MR) is 203 cm³/mol. The van der Waals surface area contributed by atoms with Gasteiger partial charge in [-0.05, 0) is 117 Å². The zero-order valence-corrected chi connectivity index (χ0v) is 32.3. The molecule has 8 rings (SSSR count). The summed E-state index contributed by atoms with van der Waals surface area (Å²) < 4.78 is 15.1. The average molecular weight is 711 g/mol. The second-order valence-electron chi connectivity index (χ2n) is 17.1. The number of likely N-dealkylation sites (N-methyl/N-ethyl adjacent to an activating group) is 1. The minimum absolute atomic E-state index is 0.104. The normalized spacial score (nSPS) is 21.4. The standard InChI is InChI=1S/C40H54N8O4/c1-25-17-28(18-26(2)35(25)45-15-13-44(9)14-16-45)33-20-31-32(24-47(36(31)43-42-33)38(50)52-40(6,7)8)29-21-41-48(23-29)34-19-30-12-10-11-27(34)22-46(30)37(49)51-39(3,4)5/h17-18,20-21,23-24,27,30,34H,10-16,19,22H2,1-9H3. The molecule has 2 bridgehead atoms. The van der Waals surface area contributed by atoms with Gasteiger partial charge in [-0.3, -0.25) is 4.68 Å². The van der Waals surface area contributed by atoms with Crippen molar-refractivity contribution in [2.45, 2.75) is 104 Å². The number of ether oxygens (including phenoxy) is 2. The van der Waals surface area contributed by atoms with Crippen molar-refractivity contribution >= 4 is 28.9 Å². The first-order valence-electron chi connectivity index (χ1n) is 18.8. The summed E-state index contributed by atoms with van der Waals surface area (Å²) in [5, 5.41) is 15.0. The number of aromatic nitrogens is 5. The Balaban J connectivity index is 1.23. The number of amides is 1. The second kappa shape index (κ2) is 13.5. The van der Waals surface area contributed by atoms with E-state index in [4.69, 9.17) is 14.6 Å². The van der Waals surface area contributed by atoms with Crippen LogP contribution in [0.15, 0.2) is 36.8 Å². The minimum Gasteiger partial charge on any atom is -0.444 e. The molecule has 4 aromatic rings. The van der Waals surface area contributed by atoms with Crippen molar-refractivity contribution in [1.29, 1.82) is 0 Å². The van der Waals surface area contributed by atoms with E-state index in [9.17, 15) is 9.59 Å². The molecule has 12 heteroatoms. The van der Waals surface area contributed by atoms with E-state index in [1.807, 2.05) is 58.7 Å². The number of anilines is 1. The van der Waals surface area contributed by atoms with Crippen LogP contribution in [-0.2, 0) is 9.47 Å². The summed E-state index contributed by atoms with van der Waals surface area (Å²) in [6, 6.07) is 6.68. The molecule has 4 fully saturated rings. The number of piperazine rings is 1. The van der Waals surface area contributed by atoms with E-state index in [-0.39, 0.29) is 24.1 Å². The van der Waals surface area contributed by atoms with Gasteiger partial charge < -0.3 is 24.2 Å². The molecule has 1 aliphatic carbocycles. The highest BCUT2D eigenvalue weighted by Crippen LogP contribution is 2.42. The van der Waals surface area contributed by atoms with Crippen molar-refractivity contribution < 1.29 is 19.1 Å². The van der Waals surface area contributed by atoms with E-state index in [1.54, 1.807) is 6.20 Å². The molecule has 3 aliphatic heterocycles. The zero-order chi connectivity index (χ0) is 37.1. The number of fused-ring (bicyclic) bond motifs is 5. The van der Waals surface area contributed by atoms with Gasteiger partial charge in [0.25, 0.3) is 0 Å². The van der Waals surface area contributed by atoms with Crippen LogP contribution < -0.4 is 4.90 Å². The third kappa shape index (κ3) is 7.27. The molecular formula is C40H54N8O4. The third-order valence-electron chi connectivity index (χ3n) is 10.7. The van der Waals surface area contributed by atoms with E-state index in [1.165, 1.54) is 21.4 Å². The van der Waals surface area contributed by atoms with Gasteiger partial charge in [0.15, 0.2) is 5.65 Å². The van der Waals surface area contributed by atoms with Gasteiger partial charge in [-0.2, -0.15) is 5.10 Å². The van der Waals surface area contributed by atoms with Gasteiger partial charge >= 0.3 is 12.2 Å². The van der Waals surface area contributed by atoms with Gasteiger partial charge in [-0.15, -0.1) is 10.2 Å². The van der Waals surface area contributed by atoms with E-state index >= 15 is 0 Å². The molecule has 3 unspecified atom stereocenters. The Morgan fingerprint density at radius 2 is 1.50 bits per heavy atom. The molecule has 3 atom stereocenters. The fraction of sp³-hybridized carbons (Fsp3) is 0.575. The van der Waals surface area contributed by atoms with E-state index < -0.39 is 17.3 Å². The molecule has 0 spiro atoms.